The van der Waals surface area contributed by atoms with Crippen LogP contribution in [0.1, 0.15) is 11.4 Å². The number of rotatable bonds is 5. The van der Waals surface area contributed by atoms with Crippen LogP contribution in [0.5, 0.6) is 0 Å². The molecule has 31 heavy (non-hydrogen) atoms. The van der Waals surface area contributed by atoms with Crippen LogP contribution >= 0.6 is 22.9 Å². The summed E-state index contributed by atoms with van der Waals surface area (Å²) in [5.74, 6) is -1.10. The minimum atomic E-state index is -4.64. The molecular weight excluding hydrogens is 469 g/mol. The number of thiophene rings is 1. The molecule has 4 rings (SSSR count). The van der Waals surface area contributed by atoms with Crippen molar-refractivity contribution in [1.29, 1.82) is 0 Å². The number of benzene rings is 2. The van der Waals surface area contributed by atoms with Crippen LogP contribution in [-0.2, 0) is 23.0 Å². The second-order valence-corrected chi connectivity index (χ2v) is 9.04. The van der Waals surface area contributed by atoms with Crippen LogP contribution in [0.3, 0.4) is 0 Å². The molecule has 1 atom stereocenters. The van der Waals surface area contributed by atoms with E-state index < -0.39 is 23.1 Å². The quantitative estimate of drug-likeness (QED) is 0.305. The SMILES string of the molecule is O=S(O)Cc1cccc(-c2ccc(-c3[nH]c(C(F)(F)F)nc3-c3ccccc3Cl)s2)c1. The van der Waals surface area contributed by atoms with Crippen molar-refractivity contribution in [3.05, 3.63) is 77.1 Å². The number of halogens is 4. The molecule has 0 bridgehead atoms. The van der Waals surface area contributed by atoms with Gasteiger partial charge in [-0.2, -0.15) is 13.2 Å². The number of aromatic amines is 1. The van der Waals surface area contributed by atoms with Crippen LogP contribution in [0.2, 0.25) is 5.02 Å². The molecule has 1 unspecified atom stereocenters. The molecule has 0 aliphatic heterocycles. The van der Waals surface area contributed by atoms with Gasteiger partial charge in [-0.1, -0.05) is 48.0 Å². The van der Waals surface area contributed by atoms with Crippen molar-refractivity contribution in [2.24, 2.45) is 0 Å². The molecule has 0 aliphatic carbocycles. The van der Waals surface area contributed by atoms with E-state index >= 15 is 0 Å². The lowest BCUT2D eigenvalue weighted by Crippen LogP contribution is -2.07. The Morgan fingerprint density at radius 1 is 1.06 bits per heavy atom. The lowest BCUT2D eigenvalue weighted by atomic mass is 10.1. The lowest BCUT2D eigenvalue weighted by Gasteiger charge is -2.03. The first-order chi connectivity index (χ1) is 14.7. The zero-order chi connectivity index (χ0) is 22.2. The zero-order valence-electron chi connectivity index (χ0n) is 15.6. The van der Waals surface area contributed by atoms with Crippen LogP contribution in [0.4, 0.5) is 13.2 Å². The fraction of sp³-hybridized carbons (Fsp3) is 0.0952. The van der Waals surface area contributed by atoms with Gasteiger partial charge in [0.2, 0.25) is 5.82 Å². The smallest absolute Gasteiger partial charge is 0.333 e. The van der Waals surface area contributed by atoms with Crippen molar-refractivity contribution in [2.45, 2.75) is 11.9 Å². The first-order valence-electron chi connectivity index (χ1n) is 8.91. The third-order valence-electron chi connectivity index (χ3n) is 4.46. The van der Waals surface area contributed by atoms with Gasteiger partial charge in [0, 0.05) is 10.4 Å². The molecule has 0 spiro atoms. The second kappa shape index (κ2) is 8.58. The number of nitrogens with one attached hydrogen (secondary N) is 1. The minimum absolute atomic E-state index is 0.00177. The van der Waals surface area contributed by atoms with Gasteiger partial charge in [0.05, 0.1) is 27.0 Å². The van der Waals surface area contributed by atoms with Gasteiger partial charge in [-0.25, -0.2) is 9.19 Å². The summed E-state index contributed by atoms with van der Waals surface area (Å²) in [5, 5.41) is 0.297. The second-order valence-electron chi connectivity index (χ2n) is 6.62. The number of aromatic nitrogens is 2. The average molecular weight is 483 g/mol. The summed E-state index contributed by atoms with van der Waals surface area (Å²) >= 11 is 5.54. The molecule has 0 fully saturated rings. The van der Waals surface area contributed by atoms with E-state index in [9.17, 15) is 17.4 Å². The Morgan fingerprint density at radius 2 is 1.81 bits per heavy atom. The minimum Gasteiger partial charge on any atom is -0.333 e. The van der Waals surface area contributed by atoms with Gasteiger partial charge < -0.3 is 9.54 Å². The van der Waals surface area contributed by atoms with Crippen molar-refractivity contribution in [1.82, 2.24) is 9.97 Å². The van der Waals surface area contributed by atoms with Gasteiger partial charge in [0.15, 0.2) is 11.1 Å². The maximum absolute atomic E-state index is 13.4. The molecule has 2 heterocycles. The van der Waals surface area contributed by atoms with Crippen molar-refractivity contribution in [3.63, 3.8) is 0 Å². The standard InChI is InChI=1S/C21H14ClF3N2O2S2/c22-15-7-2-1-6-14(15)18-19(27-20(26-18)21(23,24)25)17-9-8-16(30-17)13-5-3-4-12(10-13)11-31(28)29/h1-10H,11H2,(H,26,27)(H,28,29). The van der Waals surface area contributed by atoms with E-state index in [4.69, 9.17) is 16.2 Å². The summed E-state index contributed by atoms with van der Waals surface area (Å²) in [6, 6.07) is 17.2. The molecule has 2 aromatic heterocycles. The summed E-state index contributed by atoms with van der Waals surface area (Å²) in [4.78, 5) is 7.57. The Kier molecular flexibility index (Phi) is 6.02. The van der Waals surface area contributed by atoms with E-state index in [1.807, 2.05) is 6.07 Å². The fourth-order valence-corrected chi connectivity index (χ4v) is 4.81. The normalized spacial score (nSPS) is 12.8. The molecule has 0 saturated carbocycles. The third kappa shape index (κ3) is 4.74. The Balaban J connectivity index is 1.79. The Morgan fingerprint density at radius 3 is 2.52 bits per heavy atom. The largest absolute Gasteiger partial charge is 0.449 e. The number of hydrogen-bond acceptors (Lipinski definition) is 3. The molecule has 10 heteroatoms. The fourth-order valence-electron chi connectivity index (χ4n) is 3.12. The third-order valence-corrected chi connectivity index (χ3v) is 6.52. The molecule has 0 saturated heterocycles. The van der Waals surface area contributed by atoms with E-state index in [1.165, 1.54) is 11.3 Å². The number of alkyl halides is 3. The van der Waals surface area contributed by atoms with Crippen molar-refractivity contribution < 1.29 is 21.9 Å². The van der Waals surface area contributed by atoms with Crippen molar-refractivity contribution >= 4 is 34.0 Å². The van der Waals surface area contributed by atoms with Gasteiger partial charge in [-0.3, -0.25) is 0 Å². The highest BCUT2D eigenvalue weighted by Crippen LogP contribution is 2.42. The zero-order valence-corrected chi connectivity index (χ0v) is 18.0. The highest BCUT2D eigenvalue weighted by atomic mass is 35.5. The van der Waals surface area contributed by atoms with Crippen LogP contribution in [-0.4, -0.2) is 18.7 Å². The molecule has 0 amide bonds. The predicted octanol–water partition coefficient (Wildman–Crippen LogP) is 6.87. The highest BCUT2D eigenvalue weighted by Gasteiger charge is 2.36. The van der Waals surface area contributed by atoms with E-state index in [-0.39, 0.29) is 17.1 Å². The van der Waals surface area contributed by atoms with E-state index in [0.29, 0.717) is 21.0 Å². The molecule has 4 nitrogen and oxygen atoms in total. The first kappa shape index (κ1) is 21.8. The lowest BCUT2D eigenvalue weighted by molar-refractivity contribution is -0.144. The number of nitrogens with zero attached hydrogens (tertiary/aromatic N) is 1. The monoisotopic (exact) mass is 482 g/mol. The summed E-state index contributed by atoms with van der Waals surface area (Å²) in [7, 11) is 0. The molecule has 2 N–H and O–H groups in total. The number of H-pyrrole nitrogens is 1. The molecule has 4 aromatic rings. The van der Waals surface area contributed by atoms with Gasteiger partial charge in [0.25, 0.3) is 0 Å². The summed E-state index contributed by atoms with van der Waals surface area (Å²) in [6.45, 7) is 0. The van der Waals surface area contributed by atoms with E-state index in [0.717, 1.165) is 10.4 Å². The molecule has 160 valence electrons. The van der Waals surface area contributed by atoms with E-state index in [1.54, 1.807) is 54.6 Å². The van der Waals surface area contributed by atoms with Crippen LogP contribution in [0.15, 0.2) is 60.7 Å². The molecule has 0 aliphatic rings. The summed E-state index contributed by atoms with van der Waals surface area (Å²) < 4.78 is 60.3. The molecule has 0 radical (unpaired) electrons. The molecular formula is C21H14ClF3N2O2S2. The Labute approximate surface area is 187 Å². The van der Waals surface area contributed by atoms with Crippen molar-refractivity contribution in [3.8, 4) is 32.3 Å². The van der Waals surface area contributed by atoms with Gasteiger partial charge >= 0.3 is 6.18 Å². The molecule has 2 aromatic carbocycles. The average Bonchev–Trinajstić information content (AvgIpc) is 3.35. The van der Waals surface area contributed by atoms with Gasteiger partial charge in [-0.05, 0) is 35.4 Å². The Bertz CT molecular complexity index is 1270. The van der Waals surface area contributed by atoms with Crippen LogP contribution in [0.25, 0.3) is 32.3 Å². The van der Waals surface area contributed by atoms with Gasteiger partial charge in [0.1, 0.15) is 0 Å². The van der Waals surface area contributed by atoms with Crippen LogP contribution in [0, 0.1) is 0 Å². The number of hydrogen-bond donors (Lipinski definition) is 2. The maximum Gasteiger partial charge on any atom is 0.449 e. The number of imidazole rings is 1. The van der Waals surface area contributed by atoms with E-state index in [2.05, 4.69) is 9.97 Å². The maximum atomic E-state index is 13.4. The topological polar surface area (TPSA) is 66.0 Å². The first-order valence-corrected chi connectivity index (χ1v) is 11.4. The summed E-state index contributed by atoms with van der Waals surface area (Å²) in [6.07, 6.45) is -4.64. The van der Waals surface area contributed by atoms with Crippen molar-refractivity contribution in [2.75, 3.05) is 0 Å². The van der Waals surface area contributed by atoms with Gasteiger partial charge in [-0.15, -0.1) is 11.3 Å². The predicted molar refractivity (Wildman–Crippen MR) is 117 cm³/mol. The summed E-state index contributed by atoms with van der Waals surface area (Å²) in [5.41, 5.74) is 2.23. The van der Waals surface area contributed by atoms with Crippen LogP contribution < -0.4 is 0 Å². The highest BCUT2D eigenvalue weighted by molar-refractivity contribution is 7.78. The Hall–Kier alpha value is -2.46.